The quantitative estimate of drug-likeness (QED) is 0.894. The second-order valence-electron chi connectivity index (χ2n) is 4.17. The molecule has 0 spiro atoms. The maximum atomic E-state index is 6.31. The molecule has 6 heteroatoms. The van der Waals surface area contributed by atoms with Crippen LogP contribution in [-0.4, -0.2) is 34.5 Å². The maximum absolute atomic E-state index is 6.31. The average Bonchev–Trinajstić information content (AvgIpc) is 2.95. The molecule has 1 aliphatic heterocycles. The predicted molar refractivity (Wildman–Crippen MR) is 71.5 cm³/mol. The number of hydrogen-bond acceptors (Lipinski definition) is 4. The van der Waals surface area contributed by atoms with Gasteiger partial charge in [0.05, 0.1) is 36.1 Å². The summed E-state index contributed by atoms with van der Waals surface area (Å²) >= 11 is 8.12. The van der Waals surface area contributed by atoms with Gasteiger partial charge in [-0.05, 0) is 18.6 Å². The summed E-state index contributed by atoms with van der Waals surface area (Å²) in [6.07, 6.45) is 4.08. The Morgan fingerprint density at radius 2 is 2.59 bits per heavy atom. The van der Waals surface area contributed by atoms with Crippen molar-refractivity contribution in [2.75, 3.05) is 19.5 Å². The molecule has 1 aromatic rings. The van der Waals surface area contributed by atoms with E-state index in [9.17, 15) is 0 Å². The molecule has 0 aliphatic carbocycles. The van der Waals surface area contributed by atoms with Crippen LogP contribution >= 0.6 is 23.4 Å². The number of thioether (sulfide) groups is 1. The van der Waals surface area contributed by atoms with Crippen molar-refractivity contribution < 1.29 is 4.74 Å². The summed E-state index contributed by atoms with van der Waals surface area (Å²) in [5.74, 6) is 1.20. The van der Waals surface area contributed by atoms with Gasteiger partial charge in [0.15, 0.2) is 0 Å². The van der Waals surface area contributed by atoms with Crippen LogP contribution < -0.4 is 5.73 Å². The highest BCUT2D eigenvalue weighted by atomic mass is 35.5. The minimum atomic E-state index is -0.0330. The number of nitrogens with zero attached hydrogens (tertiary/aromatic N) is 2. The number of hydrogen-bond donors (Lipinski definition) is 1. The normalized spacial score (nSPS) is 21.9. The fraction of sp³-hybridized carbons (Fsp3) is 0.727. The van der Waals surface area contributed by atoms with E-state index in [4.69, 9.17) is 22.1 Å². The van der Waals surface area contributed by atoms with Gasteiger partial charge in [-0.2, -0.15) is 16.9 Å². The number of halogens is 1. The first-order chi connectivity index (χ1) is 8.24. The SMILES string of the molecule is COCCn1ncc(Cl)c1C(N)C1CCCS1. The first-order valence-electron chi connectivity index (χ1n) is 5.81. The lowest BCUT2D eigenvalue weighted by Gasteiger charge is -2.20. The van der Waals surface area contributed by atoms with Crippen LogP contribution in [0.1, 0.15) is 24.6 Å². The molecule has 0 amide bonds. The fourth-order valence-corrected chi connectivity index (χ4v) is 3.69. The van der Waals surface area contributed by atoms with Crippen molar-refractivity contribution in [3.05, 3.63) is 16.9 Å². The molecule has 1 aliphatic rings. The summed E-state index contributed by atoms with van der Waals surface area (Å²) in [6.45, 7) is 1.32. The van der Waals surface area contributed by atoms with Gasteiger partial charge < -0.3 is 10.5 Å². The third-order valence-corrected chi connectivity index (χ3v) is 4.79. The number of methoxy groups -OCH3 is 1. The van der Waals surface area contributed by atoms with Crippen molar-refractivity contribution in [3.63, 3.8) is 0 Å². The van der Waals surface area contributed by atoms with E-state index in [-0.39, 0.29) is 6.04 Å². The van der Waals surface area contributed by atoms with Crippen LogP contribution in [0.4, 0.5) is 0 Å². The highest BCUT2D eigenvalue weighted by Crippen LogP contribution is 2.36. The average molecular weight is 276 g/mol. The van der Waals surface area contributed by atoms with E-state index < -0.39 is 0 Å². The molecule has 2 unspecified atom stereocenters. The topological polar surface area (TPSA) is 53.1 Å². The highest BCUT2D eigenvalue weighted by molar-refractivity contribution is 8.00. The Bertz CT molecular complexity index is 366. The number of aromatic nitrogens is 2. The number of rotatable bonds is 5. The molecule has 0 bridgehead atoms. The van der Waals surface area contributed by atoms with E-state index in [2.05, 4.69) is 5.10 Å². The predicted octanol–water partition coefficient (Wildman–Crippen LogP) is 2.08. The third-order valence-electron chi connectivity index (χ3n) is 3.02. The van der Waals surface area contributed by atoms with Gasteiger partial charge in [0, 0.05) is 12.4 Å². The van der Waals surface area contributed by atoms with E-state index >= 15 is 0 Å². The van der Waals surface area contributed by atoms with E-state index in [1.165, 1.54) is 12.2 Å². The van der Waals surface area contributed by atoms with Crippen LogP contribution in [0.2, 0.25) is 5.02 Å². The summed E-state index contributed by atoms with van der Waals surface area (Å²) in [6, 6.07) is -0.0330. The van der Waals surface area contributed by atoms with Gasteiger partial charge in [0.2, 0.25) is 0 Å². The van der Waals surface area contributed by atoms with E-state index in [1.807, 2.05) is 16.4 Å². The molecular weight excluding hydrogens is 258 g/mol. The van der Waals surface area contributed by atoms with Crippen LogP contribution in [0.15, 0.2) is 6.20 Å². The Labute approximate surface area is 111 Å². The first kappa shape index (κ1) is 13.2. The van der Waals surface area contributed by atoms with Crippen molar-refractivity contribution in [3.8, 4) is 0 Å². The van der Waals surface area contributed by atoms with E-state index in [1.54, 1.807) is 13.3 Å². The van der Waals surface area contributed by atoms with E-state index in [0.29, 0.717) is 23.4 Å². The molecule has 2 N–H and O–H groups in total. The summed E-state index contributed by atoms with van der Waals surface area (Å²) in [5, 5.41) is 5.39. The largest absolute Gasteiger partial charge is 0.383 e. The van der Waals surface area contributed by atoms with Crippen LogP contribution in [-0.2, 0) is 11.3 Å². The van der Waals surface area contributed by atoms with Gasteiger partial charge in [-0.15, -0.1) is 0 Å². The summed E-state index contributed by atoms with van der Waals surface area (Å²) in [5.41, 5.74) is 7.26. The first-order valence-corrected chi connectivity index (χ1v) is 7.24. The minimum absolute atomic E-state index is 0.0330. The van der Waals surface area contributed by atoms with Crippen molar-refractivity contribution >= 4 is 23.4 Å². The van der Waals surface area contributed by atoms with Gasteiger partial charge in [-0.1, -0.05) is 11.6 Å². The second kappa shape index (κ2) is 6.09. The molecule has 2 heterocycles. The Hall–Kier alpha value is -0.230. The van der Waals surface area contributed by atoms with Crippen LogP contribution in [0.5, 0.6) is 0 Å². The smallest absolute Gasteiger partial charge is 0.0834 e. The van der Waals surface area contributed by atoms with Crippen molar-refractivity contribution in [2.24, 2.45) is 5.73 Å². The molecule has 0 saturated carbocycles. The maximum Gasteiger partial charge on any atom is 0.0834 e. The zero-order valence-corrected chi connectivity index (χ0v) is 11.5. The lowest BCUT2D eigenvalue weighted by atomic mass is 10.1. The molecular formula is C11H18ClN3OS. The van der Waals surface area contributed by atoms with Gasteiger partial charge in [-0.25, -0.2) is 0 Å². The number of ether oxygens (including phenoxy) is 1. The second-order valence-corrected chi connectivity index (χ2v) is 5.93. The lowest BCUT2D eigenvalue weighted by molar-refractivity contribution is 0.182. The van der Waals surface area contributed by atoms with Gasteiger partial charge in [-0.3, -0.25) is 4.68 Å². The van der Waals surface area contributed by atoms with Gasteiger partial charge in [0.1, 0.15) is 0 Å². The summed E-state index contributed by atoms with van der Waals surface area (Å²) in [4.78, 5) is 0. The Balaban J connectivity index is 2.14. The molecule has 2 atom stereocenters. The van der Waals surface area contributed by atoms with Crippen LogP contribution in [0.3, 0.4) is 0 Å². The van der Waals surface area contributed by atoms with Gasteiger partial charge >= 0.3 is 0 Å². The minimum Gasteiger partial charge on any atom is -0.383 e. The van der Waals surface area contributed by atoms with E-state index in [0.717, 1.165) is 12.1 Å². The van der Waals surface area contributed by atoms with Crippen LogP contribution in [0.25, 0.3) is 0 Å². The standard InChI is InChI=1S/C11H18ClN3OS/c1-16-5-4-15-11(8(12)7-14-15)10(13)9-3-2-6-17-9/h7,9-10H,2-6,13H2,1H3. The van der Waals surface area contributed by atoms with Crippen molar-refractivity contribution in [1.29, 1.82) is 0 Å². The van der Waals surface area contributed by atoms with Crippen molar-refractivity contribution in [1.82, 2.24) is 9.78 Å². The zero-order chi connectivity index (χ0) is 12.3. The highest BCUT2D eigenvalue weighted by Gasteiger charge is 2.28. The Morgan fingerprint density at radius 3 is 3.24 bits per heavy atom. The number of nitrogens with two attached hydrogens (primary N) is 1. The zero-order valence-electron chi connectivity index (χ0n) is 9.93. The van der Waals surface area contributed by atoms with Gasteiger partial charge in [0.25, 0.3) is 0 Å². The van der Waals surface area contributed by atoms with Crippen molar-refractivity contribution in [2.45, 2.75) is 30.7 Å². The third kappa shape index (κ3) is 2.96. The van der Waals surface area contributed by atoms with Crippen LogP contribution in [0, 0.1) is 0 Å². The fourth-order valence-electron chi connectivity index (χ4n) is 2.12. The molecule has 0 radical (unpaired) electrons. The molecule has 2 rings (SSSR count). The summed E-state index contributed by atoms with van der Waals surface area (Å²) in [7, 11) is 1.68. The monoisotopic (exact) mass is 275 g/mol. The molecule has 1 fully saturated rings. The molecule has 1 aromatic heterocycles. The summed E-state index contributed by atoms with van der Waals surface area (Å²) < 4.78 is 6.94. The lowest BCUT2D eigenvalue weighted by Crippen LogP contribution is -2.26. The molecule has 4 nitrogen and oxygen atoms in total. The Kier molecular flexibility index (Phi) is 4.73. The molecule has 1 saturated heterocycles. The molecule has 0 aromatic carbocycles. The molecule has 17 heavy (non-hydrogen) atoms. The Morgan fingerprint density at radius 1 is 1.76 bits per heavy atom. The molecule has 96 valence electrons.